The molecule has 1 aromatic heterocycles. The predicted octanol–water partition coefficient (Wildman–Crippen LogP) is 3.79. The summed E-state index contributed by atoms with van der Waals surface area (Å²) in [6, 6.07) is 12.2. The Balaban J connectivity index is 1.93. The van der Waals surface area contributed by atoms with E-state index in [1.165, 1.54) is 5.56 Å². The fraction of sp³-hybridized carbons (Fsp3) is 0.294. The monoisotopic (exact) mass is 286 g/mol. The first kappa shape index (κ1) is 14.6. The zero-order chi connectivity index (χ0) is 14.4. The molecule has 0 saturated heterocycles. The molecular weight excluding hydrogens is 268 g/mol. The summed E-state index contributed by atoms with van der Waals surface area (Å²) in [4.78, 5) is 2.08. The van der Waals surface area contributed by atoms with Gasteiger partial charge in [0.25, 0.3) is 0 Å². The molecule has 2 nitrogen and oxygen atoms in total. The van der Waals surface area contributed by atoms with Gasteiger partial charge in [-0.1, -0.05) is 37.8 Å². The van der Waals surface area contributed by atoms with E-state index < -0.39 is 0 Å². The zero-order valence-electron chi connectivity index (χ0n) is 11.7. The van der Waals surface area contributed by atoms with E-state index in [4.69, 9.17) is 9.84 Å². The minimum absolute atomic E-state index is 0.105. The number of aliphatic hydroxyl groups excluding tert-OH is 1. The van der Waals surface area contributed by atoms with E-state index in [-0.39, 0.29) is 6.61 Å². The molecule has 0 unspecified atom stereocenters. The lowest BCUT2D eigenvalue weighted by atomic mass is 10.0. The minimum atomic E-state index is -0.105. The molecule has 0 fully saturated rings. The van der Waals surface area contributed by atoms with Crippen LogP contribution in [0.4, 0.5) is 0 Å². The third-order valence-corrected chi connectivity index (χ3v) is 3.85. The lowest BCUT2D eigenvalue weighted by Crippen LogP contribution is -1.93. The molecule has 1 heterocycles. The van der Waals surface area contributed by atoms with Gasteiger partial charge in [-0.05, 0) is 35.7 Å². The fourth-order valence-electron chi connectivity index (χ4n) is 1.75. The van der Waals surface area contributed by atoms with Gasteiger partial charge in [0.2, 0.25) is 0 Å². The standard InChI is InChI=1S/C17H18O2S/c1-13(2)14-5-7-15(8-6-14)19-12-17-10-9-16(20-17)4-3-11-18/h5-10,13,18H,11-12H2,1-2H3. The van der Waals surface area contributed by atoms with Crippen molar-refractivity contribution < 1.29 is 9.84 Å². The Labute approximate surface area is 124 Å². The molecule has 0 amide bonds. The smallest absolute Gasteiger partial charge is 0.122 e. The van der Waals surface area contributed by atoms with Gasteiger partial charge in [0.1, 0.15) is 19.0 Å². The number of aliphatic hydroxyl groups is 1. The van der Waals surface area contributed by atoms with E-state index in [2.05, 4.69) is 37.8 Å². The van der Waals surface area contributed by atoms with Gasteiger partial charge < -0.3 is 9.84 Å². The molecule has 0 bridgehead atoms. The third kappa shape index (κ3) is 4.12. The maximum atomic E-state index is 8.65. The summed E-state index contributed by atoms with van der Waals surface area (Å²) in [5, 5.41) is 8.65. The molecule has 0 aliphatic carbocycles. The van der Waals surface area contributed by atoms with Gasteiger partial charge in [-0.2, -0.15) is 0 Å². The fourth-order valence-corrected chi connectivity index (χ4v) is 2.55. The van der Waals surface area contributed by atoms with Gasteiger partial charge in [-0.25, -0.2) is 0 Å². The molecular formula is C17H18O2S. The van der Waals surface area contributed by atoms with E-state index >= 15 is 0 Å². The van der Waals surface area contributed by atoms with Gasteiger partial charge in [-0.15, -0.1) is 11.3 Å². The van der Waals surface area contributed by atoms with Crippen molar-refractivity contribution >= 4 is 11.3 Å². The van der Waals surface area contributed by atoms with Crippen LogP contribution in [0.15, 0.2) is 36.4 Å². The van der Waals surface area contributed by atoms with Gasteiger partial charge in [-0.3, -0.25) is 0 Å². The maximum Gasteiger partial charge on any atom is 0.122 e. The average Bonchev–Trinajstić information content (AvgIpc) is 2.91. The summed E-state index contributed by atoms with van der Waals surface area (Å²) >= 11 is 1.59. The highest BCUT2D eigenvalue weighted by Crippen LogP contribution is 2.21. The molecule has 1 aromatic carbocycles. The molecule has 2 aromatic rings. The second-order valence-corrected chi connectivity index (χ2v) is 5.91. The van der Waals surface area contributed by atoms with Crippen LogP contribution in [0.2, 0.25) is 0 Å². The van der Waals surface area contributed by atoms with Crippen LogP contribution in [0.1, 0.15) is 35.1 Å². The van der Waals surface area contributed by atoms with Crippen LogP contribution >= 0.6 is 11.3 Å². The number of benzene rings is 1. The van der Waals surface area contributed by atoms with Crippen LogP contribution in [0.25, 0.3) is 0 Å². The highest BCUT2D eigenvalue weighted by atomic mass is 32.1. The molecule has 0 saturated carbocycles. The van der Waals surface area contributed by atoms with Crippen molar-refractivity contribution in [1.82, 2.24) is 0 Å². The minimum Gasteiger partial charge on any atom is -0.488 e. The van der Waals surface area contributed by atoms with Crippen molar-refractivity contribution in [2.75, 3.05) is 6.61 Å². The Bertz CT molecular complexity index is 600. The van der Waals surface area contributed by atoms with E-state index in [0.717, 1.165) is 15.5 Å². The van der Waals surface area contributed by atoms with E-state index in [1.54, 1.807) is 11.3 Å². The highest BCUT2D eigenvalue weighted by Gasteiger charge is 2.02. The van der Waals surface area contributed by atoms with Crippen LogP contribution in [-0.4, -0.2) is 11.7 Å². The molecule has 2 rings (SSSR count). The van der Waals surface area contributed by atoms with Crippen LogP contribution in [-0.2, 0) is 6.61 Å². The zero-order valence-corrected chi connectivity index (χ0v) is 12.5. The third-order valence-electron chi connectivity index (χ3n) is 2.88. The van der Waals surface area contributed by atoms with Crippen molar-refractivity contribution in [2.24, 2.45) is 0 Å². The summed E-state index contributed by atoms with van der Waals surface area (Å²) in [5.41, 5.74) is 1.31. The summed E-state index contributed by atoms with van der Waals surface area (Å²) in [7, 11) is 0. The summed E-state index contributed by atoms with van der Waals surface area (Å²) in [6.45, 7) is 4.80. The molecule has 1 N–H and O–H groups in total. The Morgan fingerprint density at radius 2 is 1.90 bits per heavy atom. The molecule has 20 heavy (non-hydrogen) atoms. The van der Waals surface area contributed by atoms with Gasteiger partial charge in [0.15, 0.2) is 0 Å². The first-order valence-corrected chi connectivity index (χ1v) is 7.42. The molecule has 0 atom stereocenters. The van der Waals surface area contributed by atoms with E-state index in [9.17, 15) is 0 Å². The Morgan fingerprint density at radius 1 is 1.15 bits per heavy atom. The van der Waals surface area contributed by atoms with E-state index in [0.29, 0.717) is 12.5 Å². The van der Waals surface area contributed by atoms with Crippen molar-refractivity contribution in [3.8, 4) is 17.6 Å². The van der Waals surface area contributed by atoms with E-state index in [1.807, 2.05) is 24.3 Å². The first-order valence-electron chi connectivity index (χ1n) is 6.60. The lowest BCUT2D eigenvalue weighted by Gasteiger charge is -2.08. The molecule has 0 aliphatic heterocycles. The lowest BCUT2D eigenvalue weighted by molar-refractivity contribution is 0.309. The predicted molar refractivity (Wildman–Crippen MR) is 83.1 cm³/mol. The summed E-state index contributed by atoms with van der Waals surface area (Å²) in [5.74, 6) is 6.96. The van der Waals surface area contributed by atoms with Crippen molar-refractivity contribution in [3.63, 3.8) is 0 Å². The molecule has 104 valence electrons. The van der Waals surface area contributed by atoms with Crippen LogP contribution in [0.5, 0.6) is 5.75 Å². The first-order chi connectivity index (χ1) is 9.69. The van der Waals surface area contributed by atoms with Crippen molar-refractivity contribution in [1.29, 1.82) is 0 Å². The topological polar surface area (TPSA) is 29.5 Å². The van der Waals surface area contributed by atoms with Gasteiger partial charge in [0.05, 0.1) is 4.88 Å². The van der Waals surface area contributed by atoms with Crippen LogP contribution in [0, 0.1) is 11.8 Å². The summed E-state index contributed by atoms with van der Waals surface area (Å²) in [6.07, 6.45) is 0. The highest BCUT2D eigenvalue weighted by molar-refractivity contribution is 7.12. The largest absolute Gasteiger partial charge is 0.488 e. The number of hydrogen-bond donors (Lipinski definition) is 1. The Morgan fingerprint density at radius 3 is 2.55 bits per heavy atom. The SMILES string of the molecule is CC(C)c1ccc(OCc2ccc(C#CCO)s2)cc1. The Kier molecular flexibility index (Phi) is 5.23. The quantitative estimate of drug-likeness (QED) is 0.866. The van der Waals surface area contributed by atoms with Crippen molar-refractivity contribution in [2.45, 2.75) is 26.4 Å². The van der Waals surface area contributed by atoms with Gasteiger partial charge >= 0.3 is 0 Å². The number of hydrogen-bond acceptors (Lipinski definition) is 3. The number of rotatable bonds is 4. The maximum absolute atomic E-state index is 8.65. The van der Waals surface area contributed by atoms with Crippen LogP contribution < -0.4 is 4.74 Å². The second-order valence-electron chi connectivity index (χ2n) is 4.74. The molecule has 0 spiro atoms. The van der Waals surface area contributed by atoms with Gasteiger partial charge in [0, 0.05) is 4.88 Å². The molecule has 0 radical (unpaired) electrons. The Hall–Kier alpha value is -1.76. The summed E-state index contributed by atoms with van der Waals surface area (Å²) < 4.78 is 5.76. The molecule has 3 heteroatoms. The second kappa shape index (κ2) is 7.14. The molecule has 0 aliphatic rings. The normalized spacial score (nSPS) is 10.2. The number of thiophene rings is 1. The van der Waals surface area contributed by atoms with Crippen molar-refractivity contribution in [3.05, 3.63) is 51.7 Å². The number of ether oxygens (including phenoxy) is 1. The average molecular weight is 286 g/mol. The van der Waals surface area contributed by atoms with Crippen LogP contribution in [0.3, 0.4) is 0 Å².